The molecule has 2 aliphatic rings. The summed E-state index contributed by atoms with van der Waals surface area (Å²) in [5.74, 6) is 0. The molecule has 2 aromatic rings. The van der Waals surface area contributed by atoms with Crippen molar-refractivity contribution in [3.05, 3.63) is 39.3 Å². The average Bonchev–Trinajstić information content (AvgIpc) is 3.27. The Bertz CT molecular complexity index is 817. The van der Waals surface area contributed by atoms with E-state index in [4.69, 9.17) is 0 Å². The first-order valence-corrected chi connectivity index (χ1v) is 9.66. The molecule has 0 radical (unpaired) electrons. The Hall–Kier alpha value is -2.22. The molecule has 0 bridgehead atoms. The summed E-state index contributed by atoms with van der Waals surface area (Å²) >= 11 is 1.40. The van der Waals surface area contributed by atoms with E-state index >= 15 is 0 Å². The number of rotatable bonds is 3. The van der Waals surface area contributed by atoms with Crippen LogP contribution in [0.5, 0.6) is 0 Å². The van der Waals surface area contributed by atoms with E-state index in [9.17, 15) is 9.59 Å². The second-order valence-electron chi connectivity index (χ2n) is 6.60. The Morgan fingerprint density at radius 3 is 3.04 bits per heavy atom. The first kappa shape index (κ1) is 16.3. The van der Waals surface area contributed by atoms with Crippen LogP contribution in [0.3, 0.4) is 0 Å². The zero-order valence-corrected chi connectivity index (χ0v) is 14.8. The number of likely N-dealkylation sites (tertiary alicyclic amines) is 1. The molecule has 1 unspecified atom stereocenters. The van der Waals surface area contributed by atoms with Gasteiger partial charge in [0.05, 0.1) is 18.3 Å². The summed E-state index contributed by atoms with van der Waals surface area (Å²) in [7, 11) is 0. The zero-order valence-electron chi connectivity index (χ0n) is 14.0. The van der Waals surface area contributed by atoms with Gasteiger partial charge in [0.2, 0.25) is 0 Å². The summed E-state index contributed by atoms with van der Waals surface area (Å²) in [6.07, 6.45) is 7.64. The van der Waals surface area contributed by atoms with Gasteiger partial charge in [0.15, 0.2) is 5.13 Å². The quantitative estimate of drug-likeness (QED) is 0.912. The van der Waals surface area contributed by atoms with Crippen LogP contribution in [0.25, 0.3) is 0 Å². The van der Waals surface area contributed by atoms with Gasteiger partial charge >= 0.3 is 6.03 Å². The third-order valence-corrected chi connectivity index (χ3v) is 5.63. The second-order valence-corrected chi connectivity index (χ2v) is 7.50. The van der Waals surface area contributed by atoms with Crippen molar-refractivity contribution in [3.8, 4) is 0 Å². The van der Waals surface area contributed by atoms with Gasteiger partial charge in [-0.1, -0.05) is 0 Å². The highest BCUT2D eigenvalue weighted by Gasteiger charge is 2.30. The van der Waals surface area contributed by atoms with Crippen molar-refractivity contribution >= 4 is 22.5 Å². The number of hydrogen-bond donors (Lipinski definition) is 1. The topological polar surface area (TPSA) is 80.1 Å². The number of fused-ring (bicyclic) bond motifs is 1. The molecule has 7 nitrogen and oxygen atoms in total. The lowest BCUT2D eigenvalue weighted by atomic mass is 9.97. The summed E-state index contributed by atoms with van der Waals surface area (Å²) in [6.45, 7) is 1.15. The molecule has 1 saturated heterocycles. The monoisotopic (exact) mass is 359 g/mol. The molecule has 8 heteroatoms. The van der Waals surface area contributed by atoms with Gasteiger partial charge in [0.25, 0.3) is 5.56 Å². The summed E-state index contributed by atoms with van der Waals surface area (Å²) in [4.78, 5) is 30.8. The Morgan fingerprint density at radius 2 is 2.20 bits per heavy atom. The smallest absolute Gasteiger partial charge is 0.320 e. The third-order valence-electron chi connectivity index (χ3n) is 4.94. The molecule has 0 spiro atoms. The van der Waals surface area contributed by atoms with E-state index in [-0.39, 0.29) is 17.6 Å². The predicted octanol–water partition coefficient (Wildman–Crippen LogP) is 2.28. The molecule has 2 aromatic heterocycles. The lowest BCUT2D eigenvalue weighted by Gasteiger charge is -2.25. The van der Waals surface area contributed by atoms with Crippen molar-refractivity contribution in [2.24, 2.45) is 0 Å². The van der Waals surface area contributed by atoms with Crippen LogP contribution in [-0.4, -0.2) is 38.3 Å². The number of hydrogen-bond acceptors (Lipinski definition) is 5. The van der Waals surface area contributed by atoms with Crippen molar-refractivity contribution in [2.75, 3.05) is 11.9 Å². The predicted molar refractivity (Wildman–Crippen MR) is 96.0 cm³/mol. The summed E-state index contributed by atoms with van der Waals surface area (Å²) in [5.41, 5.74) is 2.08. The fourth-order valence-corrected chi connectivity index (χ4v) is 4.19. The highest BCUT2D eigenvalue weighted by atomic mass is 32.1. The molecule has 132 valence electrons. The van der Waals surface area contributed by atoms with Crippen LogP contribution in [-0.2, 0) is 19.4 Å². The Kier molecular flexibility index (Phi) is 4.52. The van der Waals surface area contributed by atoms with Gasteiger partial charge in [-0.25, -0.2) is 14.5 Å². The summed E-state index contributed by atoms with van der Waals surface area (Å²) in [5, 5.41) is 9.84. The van der Waals surface area contributed by atoms with Crippen LogP contribution in [0.2, 0.25) is 0 Å². The van der Waals surface area contributed by atoms with E-state index in [0.29, 0.717) is 18.2 Å². The maximum absolute atomic E-state index is 12.5. The highest BCUT2D eigenvalue weighted by molar-refractivity contribution is 7.13. The van der Waals surface area contributed by atoms with Crippen LogP contribution in [0, 0.1) is 0 Å². The van der Waals surface area contributed by atoms with Crippen LogP contribution >= 0.6 is 11.3 Å². The number of carbonyl (C=O) groups excluding carboxylic acids is 1. The van der Waals surface area contributed by atoms with E-state index in [1.807, 2.05) is 5.38 Å². The number of carbonyl (C=O) groups is 1. The highest BCUT2D eigenvalue weighted by Crippen LogP contribution is 2.21. The maximum Gasteiger partial charge on any atom is 0.323 e. The minimum atomic E-state index is -0.150. The van der Waals surface area contributed by atoms with E-state index in [2.05, 4.69) is 15.4 Å². The zero-order chi connectivity index (χ0) is 17.2. The van der Waals surface area contributed by atoms with Crippen LogP contribution in [0.1, 0.15) is 36.9 Å². The Morgan fingerprint density at radius 1 is 1.32 bits per heavy atom. The van der Waals surface area contributed by atoms with Gasteiger partial charge in [-0.15, -0.1) is 11.3 Å². The van der Waals surface area contributed by atoms with Gasteiger partial charge in [0.1, 0.15) is 0 Å². The number of aryl methyl sites for hydroxylation is 2. The standard InChI is InChI=1S/C17H21N5O2S/c23-15-10-12-4-1-2-6-14(12)20-22(15)11-13-5-3-8-21(13)17(24)19-16-18-7-9-25-16/h7,9-10,13H,1-6,8,11H2,(H,18,19,24). The maximum atomic E-state index is 12.5. The van der Waals surface area contributed by atoms with Crippen molar-refractivity contribution in [1.29, 1.82) is 0 Å². The summed E-state index contributed by atoms with van der Waals surface area (Å²) in [6, 6.07) is 1.58. The number of urea groups is 1. The average molecular weight is 359 g/mol. The van der Waals surface area contributed by atoms with E-state index in [1.165, 1.54) is 11.3 Å². The van der Waals surface area contributed by atoms with Gasteiger partial charge in [-0.05, 0) is 44.1 Å². The number of nitrogens with one attached hydrogen (secondary N) is 1. The molecule has 4 rings (SSSR count). The molecule has 1 N–H and O–H groups in total. The van der Waals surface area contributed by atoms with Crippen molar-refractivity contribution < 1.29 is 4.79 Å². The molecule has 25 heavy (non-hydrogen) atoms. The van der Waals surface area contributed by atoms with Crippen LogP contribution in [0.15, 0.2) is 22.4 Å². The molecular weight excluding hydrogens is 338 g/mol. The largest absolute Gasteiger partial charge is 0.323 e. The molecule has 3 heterocycles. The summed E-state index contributed by atoms with van der Waals surface area (Å²) < 4.78 is 1.55. The minimum Gasteiger partial charge on any atom is -0.320 e. The van der Waals surface area contributed by atoms with E-state index < -0.39 is 0 Å². The molecular formula is C17H21N5O2S. The lowest BCUT2D eigenvalue weighted by Crippen LogP contribution is -2.43. The van der Waals surface area contributed by atoms with Gasteiger partial charge in [-0.3, -0.25) is 10.1 Å². The normalized spacial score (nSPS) is 19.7. The number of thiazole rings is 1. The van der Waals surface area contributed by atoms with Crippen molar-refractivity contribution in [1.82, 2.24) is 19.7 Å². The molecule has 1 fully saturated rings. The SMILES string of the molecule is O=C(Nc1nccs1)N1CCCC1Cn1nc2c(cc1=O)CCCC2. The van der Waals surface area contributed by atoms with Crippen LogP contribution in [0.4, 0.5) is 9.93 Å². The number of nitrogens with zero attached hydrogens (tertiary/aromatic N) is 4. The fourth-order valence-electron chi connectivity index (χ4n) is 3.67. The number of amides is 2. The van der Waals surface area contributed by atoms with E-state index in [1.54, 1.807) is 21.8 Å². The Balaban J connectivity index is 1.49. The second kappa shape index (κ2) is 6.95. The van der Waals surface area contributed by atoms with E-state index in [0.717, 1.165) is 49.8 Å². The molecule has 1 aliphatic carbocycles. The first-order valence-electron chi connectivity index (χ1n) is 8.78. The first-order chi connectivity index (χ1) is 12.2. The third kappa shape index (κ3) is 3.44. The number of anilines is 1. The minimum absolute atomic E-state index is 0.00759. The fraction of sp³-hybridized carbons (Fsp3) is 0.529. The van der Waals surface area contributed by atoms with Crippen molar-refractivity contribution in [3.63, 3.8) is 0 Å². The molecule has 1 atom stereocenters. The number of aromatic nitrogens is 3. The van der Waals surface area contributed by atoms with Gasteiger partial charge < -0.3 is 4.90 Å². The molecule has 2 amide bonds. The van der Waals surface area contributed by atoms with Gasteiger partial charge in [-0.2, -0.15) is 5.10 Å². The van der Waals surface area contributed by atoms with Crippen molar-refractivity contribution in [2.45, 2.75) is 51.1 Å². The lowest BCUT2D eigenvalue weighted by molar-refractivity contribution is 0.198. The van der Waals surface area contributed by atoms with Crippen LogP contribution < -0.4 is 10.9 Å². The molecule has 1 aliphatic heterocycles. The van der Waals surface area contributed by atoms with Gasteiger partial charge in [0, 0.05) is 24.2 Å². The Labute approximate surface area is 149 Å². The molecule has 0 saturated carbocycles. The molecule has 0 aromatic carbocycles.